The van der Waals surface area contributed by atoms with E-state index in [2.05, 4.69) is 53.8 Å². The summed E-state index contributed by atoms with van der Waals surface area (Å²) in [5.41, 5.74) is 6.33. The van der Waals surface area contributed by atoms with Gasteiger partial charge in [-0.3, -0.25) is 48.8 Å². The van der Waals surface area contributed by atoms with Crippen LogP contribution in [0.2, 0.25) is 0 Å². The molecule has 1 spiro atoms. The van der Waals surface area contributed by atoms with Crippen LogP contribution < -0.4 is 47.5 Å². The standard InChI is InChI=1S/C73H100N12O15/c1-9-32-83-41-46(39-69(96,10-2)43-83)40-72(66(93)99-8,55-36-47-19-14-15-20-51(47)77-55)50-37-49-53(38-54(50)98-7)82(6)63-71(49)30-35-84-33-18-29-70(11-3,62(71)84)64(91)73(63,97)65(92)80-81-68(95)100-42-45-23-25-48(26-24-45)76-60(89)52(21-17-31-75-67(74)94)78-61(90)59(44(4)5)79-56(86)22-13-12-16-34-85-57(87)27-28-58(85)88/h14-15,18-20,23-26,29,36-38,44,46,52,59,62-64,77,91,96-97H,9-13,16-17,21-22,27-28,30-35,39-43H2,1-8H3,(H,76,89)(H,78,90)(H,79,86)(H,80,92)(H,81,95)(H3,74,75,94)/t46?,52-,59-,62-,63+,64+,69-,70+,71+,72-,73-/m0/s1. The molecule has 1 aliphatic carbocycles. The van der Waals surface area contributed by atoms with E-state index in [0.29, 0.717) is 112 Å². The van der Waals surface area contributed by atoms with Gasteiger partial charge in [-0.25, -0.2) is 15.0 Å². The number of hydrogen-bond acceptors (Lipinski definition) is 18. The topological polar surface area (TPSA) is 369 Å². The zero-order valence-corrected chi connectivity index (χ0v) is 58.7. The van der Waals surface area contributed by atoms with Gasteiger partial charge in [0.1, 0.15) is 36.0 Å². The molecule has 1 aromatic heterocycles. The Kier molecular flexibility index (Phi) is 22.7. The molecule has 0 radical (unpaired) electrons. The van der Waals surface area contributed by atoms with Gasteiger partial charge < -0.3 is 71.3 Å². The zero-order chi connectivity index (χ0) is 72.1. The molecule has 4 aromatic rings. The minimum absolute atomic E-state index is 0.0716. The Morgan fingerprint density at radius 1 is 0.860 bits per heavy atom. The number of aromatic amines is 1. The lowest BCUT2D eigenvalue weighted by molar-refractivity contribution is -0.204. The van der Waals surface area contributed by atoms with Crippen molar-refractivity contribution in [1.82, 2.24) is 46.5 Å². The number of methoxy groups -OCH3 is 2. The fraction of sp³-hybridized carbons (Fsp3) is 0.575. The number of carbonyl (C=O) groups is 9. The number of hydrogen-bond donors (Lipinski definition) is 11. The summed E-state index contributed by atoms with van der Waals surface area (Å²) < 4.78 is 17.9. The number of para-hydroxylation sites is 1. The number of carbonyl (C=O) groups excluding carboxylic acids is 9. The van der Waals surface area contributed by atoms with E-state index in [9.17, 15) is 48.9 Å². The number of aliphatic hydroxyl groups excluding tert-OH is 1. The number of piperidine rings is 1. The van der Waals surface area contributed by atoms with Crippen molar-refractivity contribution >= 4 is 75.8 Å². The molecule has 3 saturated heterocycles. The number of aromatic nitrogens is 1. The number of likely N-dealkylation sites (tertiary alicyclic amines) is 2. The number of ether oxygens (including phenoxy) is 3. The molecule has 1 unspecified atom stereocenters. The summed E-state index contributed by atoms with van der Waals surface area (Å²) in [7, 11) is 4.67. The summed E-state index contributed by atoms with van der Waals surface area (Å²) in [6, 6.07) is 15.3. The van der Waals surface area contributed by atoms with Crippen LogP contribution in [0.15, 0.2) is 78.9 Å². The third-order valence-corrected chi connectivity index (χ3v) is 22.0. The molecule has 6 heterocycles. The highest BCUT2D eigenvalue weighted by molar-refractivity contribution is 6.02. The van der Waals surface area contributed by atoms with Crippen LogP contribution in [0.3, 0.4) is 0 Å². The van der Waals surface area contributed by atoms with Gasteiger partial charge in [0.2, 0.25) is 29.5 Å². The Morgan fingerprint density at radius 3 is 2.27 bits per heavy atom. The molecule has 27 heteroatoms. The predicted octanol–water partition coefficient (Wildman–Crippen LogP) is 4.78. The van der Waals surface area contributed by atoms with Crippen LogP contribution in [0.5, 0.6) is 5.75 Å². The number of H-pyrrole nitrogens is 1. The van der Waals surface area contributed by atoms with Crippen LogP contribution >= 0.6 is 0 Å². The molecular formula is C73H100N12O15. The number of anilines is 2. The zero-order valence-electron chi connectivity index (χ0n) is 58.7. The van der Waals surface area contributed by atoms with Gasteiger partial charge in [-0.1, -0.05) is 83.5 Å². The number of aliphatic hydroxyl groups is 3. The smallest absolute Gasteiger partial charge is 0.426 e. The number of urea groups is 1. The fourth-order valence-electron chi connectivity index (χ4n) is 17.3. The maximum atomic E-state index is 15.5. The number of fused-ring (bicyclic) bond motifs is 2. The van der Waals surface area contributed by atoms with Crippen LogP contribution in [-0.4, -0.2) is 197 Å². The second kappa shape index (κ2) is 30.7. The van der Waals surface area contributed by atoms with Gasteiger partial charge in [0, 0.05) is 110 Å². The van der Waals surface area contributed by atoms with Gasteiger partial charge in [0.25, 0.3) is 5.91 Å². The third-order valence-electron chi connectivity index (χ3n) is 22.0. The molecule has 0 bridgehead atoms. The van der Waals surface area contributed by atoms with Gasteiger partial charge in [0.15, 0.2) is 5.60 Å². The van der Waals surface area contributed by atoms with Gasteiger partial charge >= 0.3 is 18.1 Å². The van der Waals surface area contributed by atoms with Crippen molar-refractivity contribution in [2.75, 3.05) is 77.3 Å². The van der Waals surface area contributed by atoms with E-state index in [0.717, 1.165) is 29.4 Å². The largest absolute Gasteiger partial charge is 0.496 e. The first-order valence-corrected chi connectivity index (χ1v) is 35.3. The molecule has 27 nitrogen and oxygen atoms in total. The Labute approximate surface area is 583 Å². The minimum atomic E-state index is -2.65. The predicted molar refractivity (Wildman–Crippen MR) is 372 cm³/mol. The van der Waals surface area contributed by atoms with Crippen molar-refractivity contribution in [3.8, 4) is 5.75 Å². The first kappa shape index (κ1) is 74.1. The van der Waals surface area contributed by atoms with Gasteiger partial charge in [0.05, 0.1) is 25.9 Å². The molecule has 6 aliphatic rings. The van der Waals surface area contributed by atoms with E-state index in [1.165, 1.54) is 19.1 Å². The Morgan fingerprint density at radius 2 is 1.60 bits per heavy atom. The van der Waals surface area contributed by atoms with Crippen molar-refractivity contribution in [3.05, 3.63) is 101 Å². The van der Waals surface area contributed by atoms with E-state index in [-0.39, 0.29) is 81.2 Å². The number of benzene rings is 3. The van der Waals surface area contributed by atoms with E-state index in [1.807, 2.05) is 73.4 Å². The van der Waals surface area contributed by atoms with Crippen LogP contribution in [0.1, 0.15) is 147 Å². The average Bonchev–Trinajstić information content (AvgIpc) is 1.46. The second-order valence-electron chi connectivity index (χ2n) is 28.5. The highest BCUT2D eigenvalue weighted by Gasteiger charge is 2.79. The number of hydrazine groups is 1. The number of nitrogens with two attached hydrogens (primary N) is 1. The quantitative estimate of drug-likeness (QED) is 0.0115. The van der Waals surface area contributed by atoms with Crippen LogP contribution in [0, 0.1) is 17.3 Å². The molecular weight excluding hydrogens is 1280 g/mol. The van der Waals surface area contributed by atoms with Crippen molar-refractivity contribution < 1.29 is 72.7 Å². The van der Waals surface area contributed by atoms with Crippen molar-refractivity contribution in [2.24, 2.45) is 23.0 Å². The maximum absolute atomic E-state index is 15.5. The lowest BCUT2D eigenvalue weighted by Crippen LogP contribution is -2.82. The van der Waals surface area contributed by atoms with Gasteiger partial charge in [-0.2, -0.15) is 0 Å². The molecule has 1 saturated carbocycles. The Bertz CT molecular complexity index is 3700. The summed E-state index contributed by atoms with van der Waals surface area (Å²) in [5.74, 6) is -3.91. The highest BCUT2D eigenvalue weighted by atomic mass is 16.6. The number of rotatable bonds is 29. The SMILES string of the molecule is CCCN1CC(C[C@@](C(=O)OC)(c2cc3ccccc3[nH]2)c2cc3c(cc2OC)N(C)[C@H]2[C@@](O)(C(=O)NNC(=O)OCc4ccc(NC(=O)[C@H](CCCNC(N)=O)NC(=O)[C@@H](NC(=O)CCCCCN5C(=O)CCC5=O)C(C)C)cc4)[C@H](O)[C@]4(CC)C=CCN5CC[C@]32[C@@H]54)C[C@@](O)(CC)C1. The number of imide groups is 1. The highest BCUT2D eigenvalue weighted by Crippen LogP contribution is 2.67. The number of esters is 1. The van der Waals surface area contributed by atoms with Crippen molar-refractivity contribution in [3.63, 3.8) is 0 Å². The van der Waals surface area contributed by atoms with E-state index >= 15 is 9.59 Å². The number of β-amino-alcohol motifs (C(OH)–C–C–N with tert-alkyl or cyclic N) is 1. The molecule has 100 heavy (non-hydrogen) atoms. The second-order valence-corrected chi connectivity index (χ2v) is 28.5. The van der Waals surface area contributed by atoms with E-state index in [4.69, 9.17) is 19.9 Å². The molecule has 4 fully saturated rings. The summed E-state index contributed by atoms with van der Waals surface area (Å²) in [6.45, 7) is 12.5. The molecule has 9 amide bonds. The van der Waals surface area contributed by atoms with Crippen LogP contribution in [-0.2, 0) is 60.5 Å². The Hall–Kier alpha value is -8.63. The number of likely N-dealkylation sites (N-methyl/N-ethyl adjacent to an activating group) is 1. The fourth-order valence-corrected chi connectivity index (χ4v) is 17.3. The number of amides is 9. The number of nitrogens with one attached hydrogen (secondary N) is 7. The average molecular weight is 1390 g/mol. The number of primary amides is 1. The van der Waals surface area contributed by atoms with Crippen LogP contribution in [0.4, 0.5) is 21.0 Å². The monoisotopic (exact) mass is 1380 g/mol. The normalized spacial score (nSPS) is 25.8. The summed E-state index contributed by atoms with van der Waals surface area (Å²) >= 11 is 0. The molecule has 3 aromatic carbocycles. The lowest BCUT2D eigenvalue weighted by atomic mass is 9.47. The lowest BCUT2D eigenvalue weighted by Gasteiger charge is -2.63. The number of nitrogens with zero attached hydrogens (tertiary/aromatic N) is 4. The summed E-state index contributed by atoms with van der Waals surface area (Å²) in [6.07, 6.45) is 6.14. The van der Waals surface area contributed by atoms with E-state index < -0.39 is 93.5 Å². The minimum Gasteiger partial charge on any atom is -0.496 e. The molecule has 11 atom stereocenters. The van der Waals surface area contributed by atoms with Gasteiger partial charge in [-0.15, -0.1) is 0 Å². The maximum Gasteiger partial charge on any atom is 0.426 e. The third kappa shape index (κ3) is 14.2. The number of unbranched alkanes of at least 4 members (excludes halogenated alkanes) is 2. The first-order valence-electron chi connectivity index (χ1n) is 35.3. The summed E-state index contributed by atoms with van der Waals surface area (Å²) in [4.78, 5) is 132. The molecule has 542 valence electrons. The van der Waals surface area contributed by atoms with E-state index in [1.54, 1.807) is 45.2 Å². The van der Waals surface area contributed by atoms with Crippen molar-refractivity contribution in [1.29, 1.82) is 0 Å². The molecule has 5 aliphatic heterocycles. The molecule has 12 N–H and O–H groups in total. The van der Waals surface area contributed by atoms with Crippen molar-refractivity contribution in [2.45, 2.75) is 183 Å². The molecule has 10 rings (SSSR count). The van der Waals surface area contributed by atoms with Gasteiger partial charge in [-0.05, 0) is 136 Å². The first-order chi connectivity index (χ1) is 47.8. The van der Waals surface area contributed by atoms with Crippen LogP contribution in [0.25, 0.3) is 10.9 Å². The Balaban J connectivity index is 0.856. The summed E-state index contributed by atoms with van der Waals surface area (Å²) in [5, 5.41) is 50.6.